The minimum absolute atomic E-state index is 0.0853. The molecule has 0 fully saturated rings. The second-order valence-electron chi connectivity index (χ2n) is 7.18. The van der Waals surface area contributed by atoms with Crippen molar-refractivity contribution in [2.75, 3.05) is 10.2 Å². The Balaban J connectivity index is 1.59. The quantitative estimate of drug-likeness (QED) is 0.715. The summed E-state index contributed by atoms with van der Waals surface area (Å²) in [6.07, 6.45) is -0.589. The van der Waals surface area contributed by atoms with Gasteiger partial charge in [-0.1, -0.05) is 48.0 Å². The van der Waals surface area contributed by atoms with Crippen LogP contribution in [-0.2, 0) is 11.3 Å². The van der Waals surface area contributed by atoms with E-state index in [0.717, 1.165) is 11.1 Å². The summed E-state index contributed by atoms with van der Waals surface area (Å²) in [4.78, 5) is 27.0. The van der Waals surface area contributed by atoms with Crippen LogP contribution >= 0.6 is 0 Å². The van der Waals surface area contributed by atoms with Crippen LogP contribution in [0.3, 0.4) is 0 Å². The first-order valence-electron chi connectivity index (χ1n) is 9.55. The van der Waals surface area contributed by atoms with E-state index in [1.807, 2.05) is 61.5 Å². The highest BCUT2D eigenvalue weighted by molar-refractivity contribution is 6.05. The molecule has 0 radical (unpaired) electrons. The molecule has 146 valence electrons. The van der Waals surface area contributed by atoms with E-state index in [4.69, 9.17) is 4.74 Å². The van der Waals surface area contributed by atoms with E-state index in [0.29, 0.717) is 29.2 Å². The first kappa shape index (κ1) is 18.7. The van der Waals surface area contributed by atoms with Crippen LogP contribution in [-0.4, -0.2) is 17.9 Å². The summed E-state index contributed by atoms with van der Waals surface area (Å²) in [5.74, 6) is 0.308. The molecular weight excluding hydrogens is 364 g/mol. The lowest BCUT2D eigenvalue weighted by atomic mass is 10.1. The van der Waals surface area contributed by atoms with Crippen molar-refractivity contribution < 1.29 is 14.3 Å². The first-order chi connectivity index (χ1) is 14.0. The molecule has 1 atom stereocenters. The Kier molecular flexibility index (Phi) is 5.04. The van der Waals surface area contributed by atoms with E-state index in [2.05, 4.69) is 5.32 Å². The van der Waals surface area contributed by atoms with Crippen LogP contribution in [0.2, 0.25) is 0 Å². The van der Waals surface area contributed by atoms with Crippen LogP contribution in [0.1, 0.15) is 28.4 Å². The minimum Gasteiger partial charge on any atom is -0.479 e. The molecule has 0 saturated carbocycles. The zero-order valence-corrected chi connectivity index (χ0v) is 16.4. The Labute approximate surface area is 169 Å². The van der Waals surface area contributed by atoms with Gasteiger partial charge in [-0.2, -0.15) is 0 Å². The predicted molar refractivity (Wildman–Crippen MR) is 113 cm³/mol. The smallest absolute Gasteiger partial charge is 0.268 e. The summed E-state index contributed by atoms with van der Waals surface area (Å²) in [5.41, 5.74) is 3.98. The average Bonchev–Trinajstić information content (AvgIpc) is 2.72. The van der Waals surface area contributed by atoms with Crippen molar-refractivity contribution in [3.63, 3.8) is 0 Å². The molecule has 0 saturated heterocycles. The Morgan fingerprint density at radius 1 is 1.03 bits per heavy atom. The number of anilines is 2. The van der Waals surface area contributed by atoms with Gasteiger partial charge in [0, 0.05) is 17.3 Å². The van der Waals surface area contributed by atoms with Crippen molar-refractivity contribution in [3.8, 4) is 5.75 Å². The molecule has 0 aromatic heterocycles. The number of hydrogen-bond acceptors (Lipinski definition) is 3. The van der Waals surface area contributed by atoms with Crippen molar-refractivity contribution in [2.24, 2.45) is 0 Å². The molecule has 0 bridgehead atoms. The van der Waals surface area contributed by atoms with Crippen LogP contribution < -0.4 is 15.0 Å². The third-order valence-electron chi connectivity index (χ3n) is 4.89. The Bertz CT molecular complexity index is 1060. The number of aryl methyl sites for hydroxylation is 1. The summed E-state index contributed by atoms with van der Waals surface area (Å²) >= 11 is 0. The lowest BCUT2D eigenvalue weighted by Gasteiger charge is -2.33. The number of nitrogens with one attached hydrogen (secondary N) is 1. The molecule has 3 aromatic rings. The van der Waals surface area contributed by atoms with Crippen molar-refractivity contribution in [2.45, 2.75) is 26.5 Å². The van der Waals surface area contributed by atoms with Gasteiger partial charge >= 0.3 is 0 Å². The van der Waals surface area contributed by atoms with Crippen molar-refractivity contribution >= 4 is 23.2 Å². The highest BCUT2D eigenvalue weighted by Crippen LogP contribution is 2.37. The van der Waals surface area contributed by atoms with Gasteiger partial charge in [-0.25, -0.2) is 0 Å². The lowest BCUT2D eigenvalue weighted by Crippen LogP contribution is -2.44. The van der Waals surface area contributed by atoms with Gasteiger partial charge in [-0.15, -0.1) is 0 Å². The van der Waals surface area contributed by atoms with Gasteiger partial charge in [0.15, 0.2) is 6.10 Å². The SMILES string of the molecule is Cc1cccc(C(=O)Nc2ccc3c(c2)OC(C)C(=O)N3Cc2ccccc2)c1. The average molecular weight is 386 g/mol. The topological polar surface area (TPSA) is 58.6 Å². The minimum atomic E-state index is -0.589. The number of nitrogens with zero attached hydrogens (tertiary/aromatic N) is 1. The zero-order valence-electron chi connectivity index (χ0n) is 16.4. The van der Waals surface area contributed by atoms with Gasteiger partial charge in [0.2, 0.25) is 0 Å². The molecule has 29 heavy (non-hydrogen) atoms. The van der Waals surface area contributed by atoms with E-state index in [-0.39, 0.29) is 11.8 Å². The summed E-state index contributed by atoms with van der Waals surface area (Å²) in [5, 5.41) is 2.90. The molecule has 3 aromatic carbocycles. The van der Waals surface area contributed by atoms with Crippen LogP contribution in [0.4, 0.5) is 11.4 Å². The van der Waals surface area contributed by atoms with Gasteiger partial charge in [0.1, 0.15) is 5.75 Å². The molecule has 5 heteroatoms. The van der Waals surface area contributed by atoms with Crippen molar-refractivity contribution in [3.05, 3.63) is 89.5 Å². The van der Waals surface area contributed by atoms with Crippen LogP contribution in [0.25, 0.3) is 0 Å². The Morgan fingerprint density at radius 2 is 1.83 bits per heavy atom. The van der Waals surface area contributed by atoms with Gasteiger partial charge < -0.3 is 15.0 Å². The Morgan fingerprint density at radius 3 is 2.59 bits per heavy atom. The van der Waals surface area contributed by atoms with Crippen LogP contribution in [0.5, 0.6) is 5.75 Å². The third kappa shape index (κ3) is 3.99. The largest absolute Gasteiger partial charge is 0.479 e. The monoisotopic (exact) mass is 386 g/mol. The predicted octanol–water partition coefficient (Wildman–Crippen LogP) is 4.56. The highest BCUT2D eigenvalue weighted by Gasteiger charge is 2.31. The number of carbonyl (C=O) groups is 2. The summed E-state index contributed by atoms with van der Waals surface area (Å²) in [6, 6.07) is 22.6. The molecule has 0 aliphatic carbocycles. The number of benzene rings is 3. The molecule has 1 N–H and O–H groups in total. The number of fused-ring (bicyclic) bond motifs is 1. The lowest BCUT2D eigenvalue weighted by molar-refractivity contribution is -0.125. The van der Waals surface area contributed by atoms with E-state index in [1.165, 1.54) is 0 Å². The maximum Gasteiger partial charge on any atom is 0.268 e. The first-order valence-corrected chi connectivity index (χ1v) is 9.55. The summed E-state index contributed by atoms with van der Waals surface area (Å²) in [7, 11) is 0. The standard InChI is InChI=1S/C24H22N2O3/c1-16-7-6-10-19(13-16)23(27)25-20-11-12-21-22(14-20)29-17(2)24(28)26(21)15-18-8-4-3-5-9-18/h3-14,17H,15H2,1-2H3,(H,25,27). The van der Waals surface area contributed by atoms with E-state index < -0.39 is 6.10 Å². The van der Waals surface area contributed by atoms with Gasteiger partial charge in [-0.05, 0) is 43.7 Å². The second kappa shape index (κ2) is 7.80. The number of ether oxygens (including phenoxy) is 1. The van der Waals surface area contributed by atoms with E-state index in [9.17, 15) is 9.59 Å². The van der Waals surface area contributed by atoms with E-state index >= 15 is 0 Å². The summed E-state index contributed by atoms with van der Waals surface area (Å²) in [6.45, 7) is 4.15. The van der Waals surface area contributed by atoms with Gasteiger partial charge in [0.25, 0.3) is 11.8 Å². The molecule has 1 heterocycles. The Hall–Kier alpha value is -3.60. The fourth-order valence-corrected chi connectivity index (χ4v) is 3.41. The molecule has 5 nitrogen and oxygen atoms in total. The normalized spacial score (nSPS) is 15.4. The highest BCUT2D eigenvalue weighted by atomic mass is 16.5. The van der Waals surface area contributed by atoms with Gasteiger partial charge in [-0.3, -0.25) is 9.59 Å². The second-order valence-corrected chi connectivity index (χ2v) is 7.18. The zero-order chi connectivity index (χ0) is 20.4. The van der Waals surface area contributed by atoms with E-state index in [1.54, 1.807) is 30.0 Å². The fraction of sp³-hybridized carbons (Fsp3) is 0.167. The number of carbonyl (C=O) groups excluding carboxylic acids is 2. The van der Waals surface area contributed by atoms with Crippen LogP contribution in [0, 0.1) is 6.92 Å². The molecule has 4 rings (SSSR count). The van der Waals surface area contributed by atoms with Crippen molar-refractivity contribution in [1.82, 2.24) is 0 Å². The number of rotatable bonds is 4. The fourth-order valence-electron chi connectivity index (χ4n) is 3.41. The number of amides is 2. The van der Waals surface area contributed by atoms with Crippen molar-refractivity contribution in [1.29, 1.82) is 0 Å². The molecule has 0 spiro atoms. The number of hydrogen-bond donors (Lipinski definition) is 1. The molecule has 1 aliphatic rings. The summed E-state index contributed by atoms with van der Waals surface area (Å²) < 4.78 is 5.82. The maximum absolute atomic E-state index is 12.7. The third-order valence-corrected chi connectivity index (χ3v) is 4.89. The van der Waals surface area contributed by atoms with Gasteiger partial charge in [0.05, 0.1) is 12.2 Å². The molecular formula is C24H22N2O3. The molecule has 1 aliphatic heterocycles. The maximum atomic E-state index is 12.7. The van der Waals surface area contributed by atoms with Crippen LogP contribution in [0.15, 0.2) is 72.8 Å². The molecule has 2 amide bonds. The molecule has 1 unspecified atom stereocenters.